The summed E-state index contributed by atoms with van der Waals surface area (Å²) in [7, 11) is 0. The molecular formula is C13H16O2. The maximum Gasteiger partial charge on any atom is 0.120 e. The first-order valence-corrected chi connectivity index (χ1v) is 5.46. The van der Waals surface area contributed by atoms with Gasteiger partial charge >= 0.3 is 0 Å². The zero-order valence-corrected chi connectivity index (χ0v) is 8.78. The Hall–Kier alpha value is -1.15. The second kappa shape index (κ2) is 4.15. The molecule has 80 valence electrons. The molecule has 0 amide bonds. The summed E-state index contributed by atoms with van der Waals surface area (Å²) < 4.78 is 0. The normalized spacial score (nSPS) is 17.4. The molecule has 1 aliphatic rings. The number of benzene rings is 1. The van der Waals surface area contributed by atoms with E-state index in [1.807, 2.05) is 18.2 Å². The number of rotatable bonds is 5. The van der Waals surface area contributed by atoms with Gasteiger partial charge in [-0.2, -0.15) is 0 Å². The van der Waals surface area contributed by atoms with Gasteiger partial charge in [0.25, 0.3) is 0 Å². The molecule has 0 saturated heterocycles. The summed E-state index contributed by atoms with van der Waals surface area (Å²) >= 11 is 0. The number of carbonyl (C=O) groups excluding carboxylic acids is 1. The molecule has 0 bridgehead atoms. The van der Waals surface area contributed by atoms with E-state index in [0.29, 0.717) is 6.42 Å². The van der Waals surface area contributed by atoms with Gasteiger partial charge in [0.15, 0.2) is 0 Å². The van der Waals surface area contributed by atoms with Crippen LogP contribution in [0.5, 0.6) is 0 Å². The van der Waals surface area contributed by atoms with Gasteiger partial charge in [0.2, 0.25) is 0 Å². The number of hydrogen-bond acceptors (Lipinski definition) is 2. The Kier molecular flexibility index (Phi) is 2.87. The number of aldehydes is 1. The van der Waals surface area contributed by atoms with Crippen LogP contribution < -0.4 is 0 Å². The van der Waals surface area contributed by atoms with Crippen molar-refractivity contribution in [1.82, 2.24) is 0 Å². The lowest BCUT2D eigenvalue weighted by Crippen LogP contribution is -2.10. The molecule has 0 heterocycles. The first-order valence-electron chi connectivity index (χ1n) is 5.46. The molecule has 1 aliphatic carbocycles. The topological polar surface area (TPSA) is 37.3 Å². The van der Waals surface area contributed by atoms with Crippen molar-refractivity contribution in [1.29, 1.82) is 0 Å². The highest BCUT2D eigenvalue weighted by Crippen LogP contribution is 2.38. The van der Waals surface area contributed by atoms with Gasteiger partial charge in [-0.3, -0.25) is 0 Å². The lowest BCUT2D eigenvalue weighted by Gasteiger charge is -2.08. The average Bonchev–Trinajstić information content (AvgIpc) is 2.93. The summed E-state index contributed by atoms with van der Waals surface area (Å²) in [5, 5.41) is 9.79. The number of aryl methyl sites for hydroxylation is 1. The third-order valence-electron chi connectivity index (χ3n) is 2.90. The average molecular weight is 204 g/mol. The molecule has 0 spiro atoms. The van der Waals surface area contributed by atoms with E-state index < -0.39 is 5.60 Å². The second-order valence-corrected chi connectivity index (χ2v) is 4.43. The van der Waals surface area contributed by atoms with Crippen molar-refractivity contribution in [2.45, 2.75) is 37.7 Å². The molecule has 1 saturated carbocycles. The van der Waals surface area contributed by atoms with Gasteiger partial charge in [0.05, 0.1) is 5.60 Å². The fraction of sp³-hybridized carbons (Fsp3) is 0.462. The van der Waals surface area contributed by atoms with E-state index in [-0.39, 0.29) is 0 Å². The fourth-order valence-electron chi connectivity index (χ4n) is 1.82. The van der Waals surface area contributed by atoms with E-state index in [1.165, 1.54) is 11.1 Å². The summed E-state index contributed by atoms with van der Waals surface area (Å²) in [6.07, 6.45) is 4.92. The monoisotopic (exact) mass is 204 g/mol. The Morgan fingerprint density at radius 3 is 2.73 bits per heavy atom. The molecule has 0 radical (unpaired) electrons. The summed E-state index contributed by atoms with van der Waals surface area (Å²) in [5.74, 6) is 0. The molecule has 2 heteroatoms. The predicted octanol–water partition coefficient (Wildman–Crippen LogP) is 1.89. The Balaban J connectivity index is 2.01. The first-order chi connectivity index (χ1) is 7.22. The smallest absolute Gasteiger partial charge is 0.120 e. The minimum atomic E-state index is -0.427. The van der Waals surface area contributed by atoms with Gasteiger partial charge in [0, 0.05) is 12.8 Å². The Morgan fingerprint density at radius 1 is 1.33 bits per heavy atom. The quantitative estimate of drug-likeness (QED) is 0.744. The highest BCUT2D eigenvalue weighted by molar-refractivity contribution is 5.50. The van der Waals surface area contributed by atoms with Crippen molar-refractivity contribution in [3.05, 3.63) is 35.4 Å². The van der Waals surface area contributed by atoms with Crippen LogP contribution in [0.15, 0.2) is 24.3 Å². The van der Waals surface area contributed by atoms with Crippen molar-refractivity contribution in [2.75, 3.05) is 0 Å². The summed E-state index contributed by atoms with van der Waals surface area (Å²) in [6.45, 7) is 0. The largest absolute Gasteiger partial charge is 0.390 e. The molecule has 1 aromatic rings. The van der Waals surface area contributed by atoms with E-state index in [0.717, 1.165) is 32.0 Å². The van der Waals surface area contributed by atoms with E-state index in [1.54, 1.807) is 0 Å². The van der Waals surface area contributed by atoms with Crippen LogP contribution in [-0.4, -0.2) is 17.0 Å². The lowest BCUT2D eigenvalue weighted by molar-refractivity contribution is -0.107. The van der Waals surface area contributed by atoms with Crippen LogP contribution in [0.1, 0.15) is 30.4 Å². The van der Waals surface area contributed by atoms with Crippen LogP contribution in [0.2, 0.25) is 0 Å². The molecular weight excluding hydrogens is 188 g/mol. The van der Waals surface area contributed by atoms with Gasteiger partial charge in [-0.15, -0.1) is 0 Å². The van der Waals surface area contributed by atoms with Crippen molar-refractivity contribution in [2.24, 2.45) is 0 Å². The van der Waals surface area contributed by atoms with E-state index in [2.05, 4.69) is 6.07 Å². The zero-order valence-electron chi connectivity index (χ0n) is 8.78. The zero-order chi connectivity index (χ0) is 10.7. The van der Waals surface area contributed by atoms with Crippen LogP contribution in [0.3, 0.4) is 0 Å². The van der Waals surface area contributed by atoms with Gasteiger partial charge in [-0.05, 0) is 30.4 Å². The van der Waals surface area contributed by atoms with Crippen molar-refractivity contribution in [3.8, 4) is 0 Å². The Labute approximate surface area is 89.9 Å². The molecule has 0 aromatic heterocycles. The van der Waals surface area contributed by atoms with Gasteiger partial charge in [-0.25, -0.2) is 0 Å². The predicted molar refractivity (Wildman–Crippen MR) is 58.7 cm³/mol. The van der Waals surface area contributed by atoms with Gasteiger partial charge in [0.1, 0.15) is 6.29 Å². The van der Waals surface area contributed by atoms with Crippen LogP contribution in [0.4, 0.5) is 0 Å². The van der Waals surface area contributed by atoms with Crippen molar-refractivity contribution < 1.29 is 9.90 Å². The molecule has 1 N–H and O–H groups in total. The SMILES string of the molecule is O=CCCc1cccc(CC2(O)CC2)c1. The molecule has 2 nitrogen and oxygen atoms in total. The van der Waals surface area contributed by atoms with Gasteiger partial charge in [-0.1, -0.05) is 24.3 Å². The lowest BCUT2D eigenvalue weighted by atomic mass is 10.0. The molecule has 1 aromatic carbocycles. The number of hydrogen-bond donors (Lipinski definition) is 1. The van der Waals surface area contributed by atoms with Crippen LogP contribution in [-0.2, 0) is 17.6 Å². The molecule has 15 heavy (non-hydrogen) atoms. The highest BCUT2D eigenvalue weighted by atomic mass is 16.3. The van der Waals surface area contributed by atoms with E-state index >= 15 is 0 Å². The van der Waals surface area contributed by atoms with E-state index in [4.69, 9.17) is 0 Å². The highest BCUT2D eigenvalue weighted by Gasteiger charge is 2.39. The molecule has 1 fully saturated rings. The maximum atomic E-state index is 10.3. The summed E-state index contributed by atoms with van der Waals surface area (Å²) in [5.41, 5.74) is 1.94. The minimum absolute atomic E-state index is 0.427. The van der Waals surface area contributed by atoms with Crippen molar-refractivity contribution >= 4 is 6.29 Å². The van der Waals surface area contributed by atoms with Crippen LogP contribution in [0.25, 0.3) is 0 Å². The van der Waals surface area contributed by atoms with Gasteiger partial charge < -0.3 is 9.90 Å². The third kappa shape index (κ3) is 2.90. The standard InChI is InChI=1S/C13H16O2/c14-8-2-5-11-3-1-4-12(9-11)10-13(15)6-7-13/h1,3-4,8-9,15H,2,5-7,10H2. The maximum absolute atomic E-state index is 10.3. The van der Waals surface area contributed by atoms with Crippen LogP contribution in [0, 0.1) is 0 Å². The molecule has 0 unspecified atom stereocenters. The first kappa shape index (κ1) is 10.4. The second-order valence-electron chi connectivity index (χ2n) is 4.43. The van der Waals surface area contributed by atoms with Crippen LogP contribution >= 0.6 is 0 Å². The fourth-order valence-corrected chi connectivity index (χ4v) is 1.82. The summed E-state index contributed by atoms with van der Waals surface area (Å²) in [4.78, 5) is 10.3. The third-order valence-corrected chi connectivity index (χ3v) is 2.90. The van der Waals surface area contributed by atoms with E-state index in [9.17, 15) is 9.90 Å². The number of aliphatic hydroxyl groups is 1. The summed E-state index contributed by atoms with van der Waals surface area (Å²) in [6, 6.07) is 8.17. The molecule has 0 atom stereocenters. The Morgan fingerprint density at radius 2 is 2.07 bits per heavy atom. The number of carbonyl (C=O) groups is 1. The Bertz CT molecular complexity index is 353. The molecule has 2 rings (SSSR count). The minimum Gasteiger partial charge on any atom is -0.390 e. The molecule has 0 aliphatic heterocycles. The van der Waals surface area contributed by atoms with Crippen molar-refractivity contribution in [3.63, 3.8) is 0 Å².